The summed E-state index contributed by atoms with van der Waals surface area (Å²) in [5.41, 5.74) is -3.84. The second-order valence-corrected chi connectivity index (χ2v) is 7.56. The number of amides is 1. The van der Waals surface area contributed by atoms with Crippen LogP contribution < -0.4 is 10.2 Å². The molecule has 0 saturated carbocycles. The summed E-state index contributed by atoms with van der Waals surface area (Å²) in [5.74, 6) is -8.57. The van der Waals surface area contributed by atoms with Crippen molar-refractivity contribution in [1.82, 2.24) is 5.32 Å². The van der Waals surface area contributed by atoms with Gasteiger partial charge in [0.2, 0.25) is 5.54 Å². The predicted molar refractivity (Wildman–Crippen MR) is 112 cm³/mol. The summed E-state index contributed by atoms with van der Waals surface area (Å²) in [7, 11) is 3.60. The summed E-state index contributed by atoms with van der Waals surface area (Å²) in [6.07, 6.45) is 0. The molecule has 0 radical (unpaired) electrons. The topological polar surface area (TPSA) is 138 Å². The highest BCUT2D eigenvalue weighted by atomic mass is 16.6. The molecular weight excluding hydrogens is 436 g/mol. The minimum atomic E-state index is -2.55. The predicted octanol–water partition coefficient (Wildman–Crippen LogP) is -0.0951. The Morgan fingerprint density at radius 3 is 1.97 bits per heavy atom. The molecule has 33 heavy (non-hydrogen) atoms. The molecule has 2 aliphatic rings. The number of esters is 4. The molecule has 11 nitrogen and oxygen atoms in total. The SMILES string of the molecule is CCOC(=O)C1(C(=O)OCC)N[C@@]2(C(=O)N(C)c3ccccc32)[C@H](C(=O)OC)[C@@H]1C(=O)OC. The lowest BCUT2D eigenvalue weighted by Gasteiger charge is -2.31. The Bertz CT molecular complexity index is 989. The van der Waals surface area contributed by atoms with Crippen LogP contribution in [0.4, 0.5) is 5.69 Å². The number of carbonyl (C=O) groups excluding carboxylic acids is 5. The highest BCUT2D eigenvalue weighted by Gasteiger charge is 2.78. The Labute approximate surface area is 190 Å². The van der Waals surface area contributed by atoms with E-state index >= 15 is 0 Å². The van der Waals surface area contributed by atoms with Crippen LogP contribution in [0.5, 0.6) is 0 Å². The third-order valence-corrected chi connectivity index (χ3v) is 6.10. The van der Waals surface area contributed by atoms with Crippen LogP contribution in [0.2, 0.25) is 0 Å². The molecule has 3 rings (SSSR count). The van der Waals surface area contributed by atoms with Gasteiger partial charge in [0.25, 0.3) is 5.91 Å². The zero-order valence-corrected chi connectivity index (χ0v) is 19.0. The molecule has 3 atom stereocenters. The Hall–Kier alpha value is -3.47. The molecular formula is C22H26N2O9. The van der Waals surface area contributed by atoms with E-state index in [0.717, 1.165) is 14.2 Å². The number of fused-ring (bicyclic) bond motifs is 2. The maximum atomic E-state index is 13.7. The van der Waals surface area contributed by atoms with Crippen molar-refractivity contribution in [3.05, 3.63) is 29.8 Å². The number of methoxy groups -OCH3 is 2. The number of anilines is 1. The second kappa shape index (κ2) is 8.81. The summed E-state index contributed by atoms with van der Waals surface area (Å²) in [4.78, 5) is 68.0. The molecule has 2 aliphatic heterocycles. The van der Waals surface area contributed by atoms with Crippen LogP contribution in [-0.2, 0) is 48.5 Å². The number of benzene rings is 1. The van der Waals surface area contributed by atoms with Crippen molar-refractivity contribution in [2.24, 2.45) is 11.8 Å². The van der Waals surface area contributed by atoms with Gasteiger partial charge in [-0.1, -0.05) is 18.2 Å². The van der Waals surface area contributed by atoms with Crippen LogP contribution in [0.25, 0.3) is 0 Å². The van der Waals surface area contributed by atoms with Gasteiger partial charge in [-0.2, -0.15) is 0 Å². The van der Waals surface area contributed by atoms with Gasteiger partial charge in [0.1, 0.15) is 17.4 Å². The molecule has 1 aromatic carbocycles. The van der Waals surface area contributed by atoms with Crippen LogP contribution in [0, 0.1) is 11.8 Å². The molecule has 1 N–H and O–H groups in total. The first-order valence-corrected chi connectivity index (χ1v) is 10.4. The summed E-state index contributed by atoms with van der Waals surface area (Å²) in [5, 5.41) is 2.77. The summed E-state index contributed by atoms with van der Waals surface area (Å²) in [6, 6.07) is 6.52. The van der Waals surface area contributed by atoms with E-state index in [1.54, 1.807) is 24.3 Å². The van der Waals surface area contributed by atoms with Crippen molar-refractivity contribution in [3.63, 3.8) is 0 Å². The lowest BCUT2D eigenvalue weighted by molar-refractivity contribution is -0.175. The largest absolute Gasteiger partial charge is 0.469 e. The fraction of sp³-hybridized carbons (Fsp3) is 0.500. The molecule has 0 unspecified atom stereocenters. The maximum absolute atomic E-state index is 13.7. The average molecular weight is 462 g/mol. The number of likely N-dealkylation sites (N-methyl/N-ethyl adjacent to an activating group) is 1. The minimum absolute atomic E-state index is 0.143. The normalized spacial score (nSPS) is 24.9. The summed E-state index contributed by atoms with van der Waals surface area (Å²) >= 11 is 0. The van der Waals surface area contributed by atoms with Crippen LogP contribution >= 0.6 is 0 Å². The van der Waals surface area contributed by atoms with E-state index in [0.29, 0.717) is 5.69 Å². The molecule has 1 aromatic rings. The molecule has 1 saturated heterocycles. The van der Waals surface area contributed by atoms with Gasteiger partial charge in [-0.05, 0) is 19.9 Å². The number of nitrogens with one attached hydrogen (secondary N) is 1. The first-order valence-electron chi connectivity index (χ1n) is 10.4. The lowest BCUT2D eigenvalue weighted by Crippen LogP contribution is -2.65. The molecule has 1 spiro atoms. The maximum Gasteiger partial charge on any atom is 0.339 e. The van der Waals surface area contributed by atoms with Crippen LogP contribution in [0.15, 0.2) is 24.3 Å². The van der Waals surface area contributed by atoms with E-state index in [4.69, 9.17) is 18.9 Å². The molecule has 0 aromatic heterocycles. The second-order valence-electron chi connectivity index (χ2n) is 7.56. The van der Waals surface area contributed by atoms with E-state index in [9.17, 15) is 24.0 Å². The Kier molecular flexibility index (Phi) is 6.46. The molecule has 1 fully saturated rings. The number of carbonyl (C=O) groups is 5. The summed E-state index contributed by atoms with van der Waals surface area (Å²) in [6.45, 7) is 2.73. The van der Waals surface area contributed by atoms with Gasteiger partial charge < -0.3 is 23.8 Å². The number of hydrogen-bond acceptors (Lipinski definition) is 10. The van der Waals surface area contributed by atoms with Crippen molar-refractivity contribution >= 4 is 35.5 Å². The number of para-hydroxylation sites is 1. The van der Waals surface area contributed by atoms with E-state index in [2.05, 4.69) is 5.32 Å². The van der Waals surface area contributed by atoms with Gasteiger partial charge in [-0.3, -0.25) is 19.7 Å². The quantitative estimate of drug-likeness (QED) is 0.347. The van der Waals surface area contributed by atoms with Gasteiger partial charge in [0, 0.05) is 18.3 Å². The number of rotatable bonds is 6. The van der Waals surface area contributed by atoms with E-state index < -0.39 is 52.7 Å². The molecule has 2 heterocycles. The fourth-order valence-electron chi connectivity index (χ4n) is 4.79. The zero-order valence-electron chi connectivity index (χ0n) is 19.0. The van der Waals surface area contributed by atoms with Gasteiger partial charge >= 0.3 is 23.9 Å². The van der Waals surface area contributed by atoms with Crippen LogP contribution in [-0.4, -0.2) is 69.8 Å². The number of nitrogens with zero attached hydrogens (tertiary/aromatic N) is 1. The van der Waals surface area contributed by atoms with E-state index in [1.807, 2.05) is 0 Å². The molecule has 1 amide bonds. The highest BCUT2D eigenvalue weighted by molar-refractivity contribution is 6.17. The monoisotopic (exact) mass is 462 g/mol. The van der Waals surface area contributed by atoms with E-state index in [1.165, 1.54) is 25.8 Å². The Balaban J connectivity index is 2.43. The van der Waals surface area contributed by atoms with Crippen molar-refractivity contribution < 1.29 is 42.9 Å². The van der Waals surface area contributed by atoms with Gasteiger partial charge in [0.05, 0.1) is 27.4 Å². The Morgan fingerprint density at radius 2 is 1.45 bits per heavy atom. The first-order chi connectivity index (χ1) is 15.7. The summed E-state index contributed by atoms with van der Waals surface area (Å²) < 4.78 is 20.2. The zero-order chi connectivity index (χ0) is 24.6. The third-order valence-electron chi connectivity index (χ3n) is 6.10. The number of hydrogen-bond donors (Lipinski definition) is 1. The first kappa shape index (κ1) is 24.2. The smallest absolute Gasteiger partial charge is 0.339 e. The van der Waals surface area contributed by atoms with Crippen LogP contribution in [0.3, 0.4) is 0 Å². The van der Waals surface area contributed by atoms with Gasteiger partial charge in [0.15, 0.2) is 0 Å². The fourth-order valence-corrected chi connectivity index (χ4v) is 4.79. The van der Waals surface area contributed by atoms with Crippen molar-refractivity contribution in [2.45, 2.75) is 24.9 Å². The standard InChI is InChI=1S/C22H26N2O9/c1-6-32-19(28)22(20(29)33-7-2)15(17(26)31-5)14(16(25)30-4)21(23-22)12-10-8-9-11-13(12)24(3)18(21)27/h8-11,14-15,23H,6-7H2,1-5H3/t14-,15+,21+/m0/s1. The number of ether oxygens (including phenoxy) is 4. The molecule has 11 heteroatoms. The lowest BCUT2D eigenvalue weighted by atomic mass is 9.72. The third kappa shape index (κ3) is 3.17. The Morgan fingerprint density at radius 1 is 0.939 bits per heavy atom. The van der Waals surface area contributed by atoms with Gasteiger partial charge in [-0.25, -0.2) is 9.59 Å². The van der Waals surface area contributed by atoms with E-state index in [-0.39, 0.29) is 18.8 Å². The average Bonchev–Trinajstić information content (AvgIpc) is 3.26. The minimum Gasteiger partial charge on any atom is -0.469 e. The van der Waals surface area contributed by atoms with Crippen molar-refractivity contribution in [1.29, 1.82) is 0 Å². The molecule has 0 bridgehead atoms. The van der Waals surface area contributed by atoms with Gasteiger partial charge in [-0.15, -0.1) is 0 Å². The highest BCUT2D eigenvalue weighted by Crippen LogP contribution is 2.55. The molecule has 178 valence electrons. The van der Waals surface area contributed by atoms with Crippen molar-refractivity contribution in [3.8, 4) is 0 Å². The molecule has 0 aliphatic carbocycles. The van der Waals surface area contributed by atoms with Crippen molar-refractivity contribution in [2.75, 3.05) is 39.4 Å². The van der Waals surface area contributed by atoms with Crippen LogP contribution in [0.1, 0.15) is 19.4 Å².